The first-order chi connectivity index (χ1) is 8.13. The summed E-state index contributed by atoms with van der Waals surface area (Å²) in [5, 5.41) is 17.6. The first-order valence-corrected chi connectivity index (χ1v) is 6.18. The van der Waals surface area contributed by atoms with Crippen molar-refractivity contribution in [3.63, 3.8) is 0 Å². The SMILES string of the molecule is Cc1cc(OCCOCC(O)CO)ccc1Br. The Labute approximate surface area is 109 Å². The van der Waals surface area contributed by atoms with Gasteiger partial charge in [-0.05, 0) is 30.7 Å². The van der Waals surface area contributed by atoms with E-state index in [9.17, 15) is 0 Å². The molecule has 5 heteroatoms. The van der Waals surface area contributed by atoms with Crippen LogP contribution in [0.15, 0.2) is 22.7 Å². The molecule has 0 aliphatic carbocycles. The molecule has 17 heavy (non-hydrogen) atoms. The van der Waals surface area contributed by atoms with Crippen LogP contribution < -0.4 is 4.74 Å². The molecule has 0 bridgehead atoms. The average molecular weight is 305 g/mol. The van der Waals surface area contributed by atoms with Crippen molar-refractivity contribution < 1.29 is 19.7 Å². The molecule has 0 spiro atoms. The second-order valence-electron chi connectivity index (χ2n) is 3.67. The number of rotatable bonds is 7. The molecule has 0 aromatic heterocycles. The standard InChI is InChI=1S/C12H17BrO4/c1-9-6-11(2-3-12(9)13)17-5-4-16-8-10(15)7-14/h2-3,6,10,14-15H,4-5,7-8H2,1H3. The Morgan fingerprint density at radius 1 is 1.35 bits per heavy atom. The van der Waals surface area contributed by atoms with E-state index >= 15 is 0 Å². The normalized spacial score (nSPS) is 12.5. The quantitative estimate of drug-likeness (QED) is 0.750. The van der Waals surface area contributed by atoms with Crippen molar-refractivity contribution in [3.05, 3.63) is 28.2 Å². The molecule has 1 atom stereocenters. The summed E-state index contributed by atoms with van der Waals surface area (Å²) >= 11 is 3.41. The molecule has 0 saturated heterocycles. The maximum atomic E-state index is 9.02. The van der Waals surface area contributed by atoms with Crippen molar-refractivity contribution in [1.82, 2.24) is 0 Å². The molecule has 1 aromatic carbocycles. The number of aryl methyl sites for hydroxylation is 1. The van der Waals surface area contributed by atoms with Gasteiger partial charge in [0.25, 0.3) is 0 Å². The zero-order valence-corrected chi connectivity index (χ0v) is 11.3. The lowest BCUT2D eigenvalue weighted by molar-refractivity contribution is -0.00138. The third-order valence-corrected chi connectivity index (χ3v) is 3.04. The predicted molar refractivity (Wildman–Crippen MR) is 68.3 cm³/mol. The Morgan fingerprint density at radius 2 is 2.12 bits per heavy atom. The number of aliphatic hydroxyl groups is 2. The van der Waals surface area contributed by atoms with E-state index < -0.39 is 6.10 Å². The molecule has 0 amide bonds. The lowest BCUT2D eigenvalue weighted by atomic mass is 10.2. The van der Waals surface area contributed by atoms with Crippen LogP contribution in [0, 0.1) is 6.92 Å². The fourth-order valence-corrected chi connectivity index (χ4v) is 1.44. The Kier molecular flexibility index (Phi) is 6.50. The van der Waals surface area contributed by atoms with Gasteiger partial charge in [-0.15, -0.1) is 0 Å². The fourth-order valence-electron chi connectivity index (χ4n) is 1.20. The highest BCUT2D eigenvalue weighted by Crippen LogP contribution is 2.21. The molecular formula is C12H17BrO4. The van der Waals surface area contributed by atoms with E-state index in [1.54, 1.807) is 0 Å². The second kappa shape index (κ2) is 7.66. The van der Waals surface area contributed by atoms with Crippen molar-refractivity contribution in [2.24, 2.45) is 0 Å². The monoisotopic (exact) mass is 304 g/mol. The van der Waals surface area contributed by atoms with Crippen molar-refractivity contribution in [2.75, 3.05) is 26.4 Å². The van der Waals surface area contributed by atoms with Crippen LogP contribution in [0.1, 0.15) is 5.56 Å². The number of benzene rings is 1. The van der Waals surface area contributed by atoms with Crippen LogP contribution in [0.5, 0.6) is 5.75 Å². The third kappa shape index (κ3) is 5.50. The number of hydrogen-bond acceptors (Lipinski definition) is 4. The van der Waals surface area contributed by atoms with Gasteiger partial charge in [-0.1, -0.05) is 15.9 Å². The van der Waals surface area contributed by atoms with Crippen molar-refractivity contribution >= 4 is 15.9 Å². The Hall–Kier alpha value is -0.620. The second-order valence-corrected chi connectivity index (χ2v) is 4.53. The minimum Gasteiger partial charge on any atom is -0.491 e. The number of aliphatic hydroxyl groups excluding tert-OH is 2. The summed E-state index contributed by atoms with van der Waals surface area (Å²) < 4.78 is 11.6. The van der Waals surface area contributed by atoms with E-state index in [0.717, 1.165) is 15.8 Å². The summed E-state index contributed by atoms with van der Waals surface area (Å²) in [6.07, 6.45) is -0.815. The zero-order chi connectivity index (χ0) is 12.7. The first-order valence-electron chi connectivity index (χ1n) is 5.39. The van der Waals surface area contributed by atoms with Gasteiger partial charge in [0, 0.05) is 4.47 Å². The van der Waals surface area contributed by atoms with Gasteiger partial charge in [0.2, 0.25) is 0 Å². The van der Waals surface area contributed by atoms with Crippen molar-refractivity contribution in [1.29, 1.82) is 0 Å². The predicted octanol–water partition coefficient (Wildman–Crippen LogP) is 1.51. The van der Waals surface area contributed by atoms with Crippen LogP contribution in [-0.2, 0) is 4.74 Å². The molecule has 0 radical (unpaired) electrons. The number of ether oxygens (including phenoxy) is 2. The van der Waals surface area contributed by atoms with Crippen LogP contribution in [0.2, 0.25) is 0 Å². The highest BCUT2D eigenvalue weighted by molar-refractivity contribution is 9.10. The van der Waals surface area contributed by atoms with Gasteiger partial charge in [-0.2, -0.15) is 0 Å². The van der Waals surface area contributed by atoms with Gasteiger partial charge in [0.1, 0.15) is 18.5 Å². The topological polar surface area (TPSA) is 58.9 Å². The number of hydrogen-bond donors (Lipinski definition) is 2. The first kappa shape index (κ1) is 14.4. The van der Waals surface area contributed by atoms with E-state index in [2.05, 4.69) is 15.9 Å². The van der Waals surface area contributed by atoms with E-state index in [0.29, 0.717) is 13.2 Å². The summed E-state index contributed by atoms with van der Waals surface area (Å²) in [5.74, 6) is 0.789. The minimum atomic E-state index is -0.815. The molecule has 4 nitrogen and oxygen atoms in total. The zero-order valence-electron chi connectivity index (χ0n) is 9.73. The summed E-state index contributed by atoms with van der Waals surface area (Å²) in [7, 11) is 0. The van der Waals surface area contributed by atoms with E-state index in [1.807, 2.05) is 25.1 Å². The molecule has 0 fully saturated rings. The summed E-state index contributed by atoms with van der Waals surface area (Å²) in [4.78, 5) is 0. The lowest BCUT2D eigenvalue weighted by Crippen LogP contribution is -2.21. The fraction of sp³-hybridized carbons (Fsp3) is 0.500. The highest BCUT2D eigenvalue weighted by Gasteiger charge is 2.01. The summed E-state index contributed by atoms with van der Waals surface area (Å²) in [6, 6.07) is 5.74. The molecule has 0 heterocycles. The minimum absolute atomic E-state index is 0.124. The van der Waals surface area contributed by atoms with E-state index in [1.165, 1.54) is 0 Å². The Bertz CT molecular complexity index is 343. The highest BCUT2D eigenvalue weighted by atomic mass is 79.9. The third-order valence-electron chi connectivity index (χ3n) is 2.15. The molecular weight excluding hydrogens is 288 g/mol. The van der Waals surface area contributed by atoms with Crippen molar-refractivity contribution in [3.8, 4) is 5.75 Å². The van der Waals surface area contributed by atoms with Gasteiger partial charge >= 0.3 is 0 Å². The van der Waals surface area contributed by atoms with Crippen LogP contribution in [0.4, 0.5) is 0 Å². The maximum Gasteiger partial charge on any atom is 0.119 e. The maximum absolute atomic E-state index is 9.02. The summed E-state index contributed by atoms with van der Waals surface area (Å²) in [5.41, 5.74) is 1.11. The molecule has 1 unspecified atom stereocenters. The molecule has 0 aliphatic rings. The van der Waals surface area contributed by atoms with Crippen LogP contribution >= 0.6 is 15.9 Å². The summed E-state index contributed by atoms with van der Waals surface area (Å²) in [6.45, 7) is 2.63. The molecule has 1 rings (SSSR count). The lowest BCUT2D eigenvalue weighted by Gasteiger charge is -2.10. The van der Waals surface area contributed by atoms with E-state index in [-0.39, 0.29) is 13.2 Å². The molecule has 0 saturated carbocycles. The smallest absolute Gasteiger partial charge is 0.119 e. The van der Waals surface area contributed by atoms with Crippen LogP contribution in [-0.4, -0.2) is 42.7 Å². The molecule has 2 N–H and O–H groups in total. The number of halogens is 1. The molecule has 96 valence electrons. The van der Waals surface area contributed by atoms with Gasteiger partial charge in [0.15, 0.2) is 0 Å². The van der Waals surface area contributed by atoms with Crippen LogP contribution in [0.3, 0.4) is 0 Å². The van der Waals surface area contributed by atoms with Crippen molar-refractivity contribution in [2.45, 2.75) is 13.0 Å². The van der Waals surface area contributed by atoms with Gasteiger partial charge in [0.05, 0.1) is 19.8 Å². The Morgan fingerprint density at radius 3 is 2.76 bits per heavy atom. The van der Waals surface area contributed by atoms with Gasteiger partial charge < -0.3 is 19.7 Å². The van der Waals surface area contributed by atoms with Gasteiger partial charge in [-0.25, -0.2) is 0 Å². The van der Waals surface area contributed by atoms with Crippen LogP contribution in [0.25, 0.3) is 0 Å². The average Bonchev–Trinajstić information content (AvgIpc) is 2.33. The molecule has 0 aliphatic heterocycles. The Balaban J connectivity index is 2.20. The largest absolute Gasteiger partial charge is 0.491 e. The van der Waals surface area contributed by atoms with E-state index in [4.69, 9.17) is 19.7 Å². The molecule has 1 aromatic rings. The van der Waals surface area contributed by atoms with Gasteiger partial charge in [-0.3, -0.25) is 0 Å².